The summed E-state index contributed by atoms with van der Waals surface area (Å²) in [7, 11) is -1.92. The molecule has 0 bridgehead atoms. The van der Waals surface area contributed by atoms with E-state index in [4.69, 9.17) is 9.47 Å². The lowest BCUT2D eigenvalue weighted by molar-refractivity contribution is -0.142. The second kappa shape index (κ2) is 10.5. The molecule has 3 rings (SSSR count). The number of carbonyl (C=O) groups is 2. The Morgan fingerprint density at radius 2 is 1.58 bits per heavy atom. The summed E-state index contributed by atoms with van der Waals surface area (Å²) in [6, 6.07) is 13.2. The Balaban J connectivity index is 1.47. The van der Waals surface area contributed by atoms with Crippen molar-refractivity contribution in [2.45, 2.75) is 37.0 Å². The van der Waals surface area contributed by atoms with Gasteiger partial charge in [-0.3, -0.25) is 9.59 Å². The number of hydrogen-bond donors (Lipinski definition) is 0. The number of ether oxygens (including phenoxy) is 2. The van der Waals surface area contributed by atoms with E-state index >= 15 is 0 Å². The lowest BCUT2D eigenvalue weighted by Crippen LogP contribution is -2.35. The van der Waals surface area contributed by atoms with Crippen LogP contribution in [0.1, 0.15) is 41.6 Å². The van der Waals surface area contributed by atoms with Crippen molar-refractivity contribution in [1.82, 2.24) is 4.31 Å². The fourth-order valence-corrected chi connectivity index (χ4v) is 4.92. The van der Waals surface area contributed by atoms with Crippen LogP contribution in [0, 0.1) is 0 Å². The van der Waals surface area contributed by atoms with Crippen molar-refractivity contribution in [3.63, 3.8) is 0 Å². The van der Waals surface area contributed by atoms with Crippen molar-refractivity contribution in [3.8, 4) is 5.75 Å². The van der Waals surface area contributed by atoms with Gasteiger partial charge in [0, 0.05) is 25.1 Å². The molecule has 0 N–H and O–H groups in total. The molecule has 0 amide bonds. The third-order valence-electron chi connectivity index (χ3n) is 5.27. The van der Waals surface area contributed by atoms with Crippen molar-refractivity contribution in [1.29, 1.82) is 0 Å². The summed E-state index contributed by atoms with van der Waals surface area (Å²) < 4.78 is 37.0. The second-order valence-electron chi connectivity index (χ2n) is 7.42. The molecule has 0 atom stereocenters. The van der Waals surface area contributed by atoms with Gasteiger partial charge in [0.05, 0.1) is 12.0 Å². The number of rotatable bonds is 9. The summed E-state index contributed by atoms with van der Waals surface area (Å²) in [5, 5.41) is 0. The van der Waals surface area contributed by atoms with Gasteiger partial charge in [-0.05, 0) is 61.2 Å². The van der Waals surface area contributed by atoms with Crippen LogP contribution in [0.3, 0.4) is 0 Å². The van der Waals surface area contributed by atoms with Gasteiger partial charge in [0.15, 0.2) is 12.4 Å². The minimum atomic E-state index is -3.46. The van der Waals surface area contributed by atoms with E-state index in [0.29, 0.717) is 30.8 Å². The van der Waals surface area contributed by atoms with Crippen LogP contribution < -0.4 is 4.74 Å². The van der Waals surface area contributed by atoms with Crippen molar-refractivity contribution in [2.75, 3.05) is 26.8 Å². The summed E-state index contributed by atoms with van der Waals surface area (Å²) in [5.41, 5.74) is 1.27. The van der Waals surface area contributed by atoms with E-state index in [2.05, 4.69) is 0 Å². The second-order valence-corrected chi connectivity index (χ2v) is 9.36. The molecule has 166 valence electrons. The van der Waals surface area contributed by atoms with E-state index < -0.39 is 16.0 Å². The summed E-state index contributed by atoms with van der Waals surface area (Å²) >= 11 is 0. The van der Waals surface area contributed by atoms with Gasteiger partial charge in [-0.15, -0.1) is 0 Å². The predicted molar refractivity (Wildman–Crippen MR) is 116 cm³/mol. The molecule has 2 aromatic carbocycles. The van der Waals surface area contributed by atoms with Crippen molar-refractivity contribution in [2.24, 2.45) is 0 Å². The molecule has 1 fully saturated rings. The molecule has 31 heavy (non-hydrogen) atoms. The predicted octanol–water partition coefficient (Wildman–Crippen LogP) is 3.23. The number of benzene rings is 2. The van der Waals surface area contributed by atoms with Gasteiger partial charge in [-0.25, -0.2) is 8.42 Å². The number of hydrogen-bond acceptors (Lipinski definition) is 6. The van der Waals surface area contributed by atoms with Gasteiger partial charge in [-0.1, -0.05) is 18.6 Å². The van der Waals surface area contributed by atoms with E-state index in [1.54, 1.807) is 55.6 Å². The maximum Gasteiger partial charge on any atom is 0.306 e. The maximum absolute atomic E-state index is 12.7. The van der Waals surface area contributed by atoms with Crippen LogP contribution in [0.5, 0.6) is 5.75 Å². The normalized spacial score (nSPS) is 14.7. The molecule has 7 nitrogen and oxygen atoms in total. The van der Waals surface area contributed by atoms with Crippen LogP contribution in [0.4, 0.5) is 0 Å². The first kappa shape index (κ1) is 23.0. The zero-order valence-electron chi connectivity index (χ0n) is 17.6. The molecule has 0 radical (unpaired) electrons. The zero-order chi connectivity index (χ0) is 22.3. The summed E-state index contributed by atoms with van der Waals surface area (Å²) in [6.07, 6.45) is 3.35. The third kappa shape index (κ3) is 6.15. The first-order valence-corrected chi connectivity index (χ1v) is 11.8. The van der Waals surface area contributed by atoms with Gasteiger partial charge in [0.1, 0.15) is 5.75 Å². The zero-order valence-corrected chi connectivity index (χ0v) is 18.4. The summed E-state index contributed by atoms with van der Waals surface area (Å²) in [5.74, 6) is -0.126. The molecule has 0 spiro atoms. The largest absolute Gasteiger partial charge is 0.497 e. The molecule has 1 aliphatic rings. The molecular formula is C23H27NO6S. The van der Waals surface area contributed by atoms with Crippen LogP contribution in [-0.4, -0.2) is 51.3 Å². The number of sulfonamides is 1. The van der Waals surface area contributed by atoms with E-state index in [1.807, 2.05) is 0 Å². The van der Waals surface area contributed by atoms with Crippen LogP contribution >= 0.6 is 0 Å². The average molecular weight is 446 g/mol. The highest BCUT2D eigenvalue weighted by Gasteiger charge is 2.25. The van der Waals surface area contributed by atoms with E-state index in [1.165, 1.54) is 4.31 Å². The quantitative estimate of drug-likeness (QED) is 0.435. The van der Waals surface area contributed by atoms with Gasteiger partial charge in [-0.2, -0.15) is 4.31 Å². The van der Waals surface area contributed by atoms with Crippen LogP contribution in [0.25, 0.3) is 0 Å². The summed E-state index contributed by atoms with van der Waals surface area (Å²) in [4.78, 5) is 24.4. The molecule has 1 aliphatic heterocycles. The Morgan fingerprint density at radius 3 is 2.19 bits per heavy atom. The highest BCUT2D eigenvalue weighted by molar-refractivity contribution is 7.89. The van der Waals surface area contributed by atoms with Crippen molar-refractivity contribution in [3.05, 3.63) is 59.7 Å². The number of esters is 1. The molecule has 0 aliphatic carbocycles. The first-order valence-electron chi connectivity index (χ1n) is 10.3. The molecule has 0 saturated carbocycles. The summed E-state index contributed by atoms with van der Waals surface area (Å²) in [6.45, 7) is 0.800. The highest BCUT2D eigenvalue weighted by atomic mass is 32.2. The Labute approximate surface area is 183 Å². The number of nitrogens with zero attached hydrogens (tertiary/aromatic N) is 1. The number of Topliss-reactive ketones (excluding diaryl/α,β-unsaturated/α-hetero) is 1. The van der Waals surface area contributed by atoms with Gasteiger partial charge in [0.25, 0.3) is 0 Å². The molecule has 0 unspecified atom stereocenters. The number of piperidine rings is 1. The number of ketones is 1. The Hall–Kier alpha value is -2.71. The van der Waals surface area contributed by atoms with Gasteiger partial charge < -0.3 is 9.47 Å². The number of methoxy groups -OCH3 is 1. The Bertz CT molecular complexity index is 993. The maximum atomic E-state index is 12.7. The highest BCUT2D eigenvalue weighted by Crippen LogP contribution is 2.21. The molecule has 1 saturated heterocycles. The minimum Gasteiger partial charge on any atom is -0.497 e. The SMILES string of the molecule is COc1ccc(C(=O)COC(=O)CCc2ccc(S(=O)(=O)N3CCCCC3)cc2)cc1. The number of aryl methyl sites for hydroxylation is 1. The van der Waals surface area contributed by atoms with Crippen molar-refractivity contribution < 1.29 is 27.5 Å². The topological polar surface area (TPSA) is 90.0 Å². The molecule has 2 aromatic rings. The monoisotopic (exact) mass is 445 g/mol. The molecule has 0 aromatic heterocycles. The molecule has 1 heterocycles. The lowest BCUT2D eigenvalue weighted by Gasteiger charge is -2.25. The average Bonchev–Trinajstić information content (AvgIpc) is 2.82. The first-order chi connectivity index (χ1) is 14.9. The van der Waals surface area contributed by atoms with Crippen LogP contribution in [0.2, 0.25) is 0 Å². The standard InChI is InChI=1S/C23H27NO6S/c1-29-20-10-8-19(9-11-20)22(25)17-30-23(26)14-7-18-5-12-21(13-6-18)31(27,28)24-15-3-2-4-16-24/h5-6,8-13H,2-4,7,14-17H2,1H3. The molecule has 8 heteroatoms. The fraction of sp³-hybridized carbons (Fsp3) is 0.391. The Morgan fingerprint density at radius 1 is 0.935 bits per heavy atom. The third-order valence-corrected chi connectivity index (χ3v) is 7.18. The van der Waals surface area contributed by atoms with Gasteiger partial charge >= 0.3 is 5.97 Å². The van der Waals surface area contributed by atoms with E-state index in [0.717, 1.165) is 24.8 Å². The van der Waals surface area contributed by atoms with E-state index in [-0.39, 0.29) is 23.7 Å². The number of carbonyl (C=O) groups excluding carboxylic acids is 2. The fourth-order valence-electron chi connectivity index (χ4n) is 3.41. The van der Waals surface area contributed by atoms with Crippen molar-refractivity contribution >= 4 is 21.8 Å². The lowest BCUT2D eigenvalue weighted by atomic mass is 10.1. The Kier molecular flexibility index (Phi) is 7.81. The van der Waals surface area contributed by atoms with Gasteiger partial charge in [0.2, 0.25) is 10.0 Å². The smallest absolute Gasteiger partial charge is 0.306 e. The minimum absolute atomic E-state index is 0.105. The van der Waals surface area contributed by atoms with Crippen LogP contribution in [-0.2, 0) is 26.0 Å². The van der Waals surface area contributed by atoms with E-state index in [9.17, 15) is 18.0 Å². The molecular weight excluding hydrogens is 418 g/mol. The van der Waals surface area contributed by atoms with Crippen LogP contribution in [0.15, 0.2) is 53.4 Å².